The Morgan fingerprint density at radius 3 is 2.67 bits per heavy atom. The molecule has 0 heterocycles. The number of nitro groups is 1. The van der Waals surface area contributed by atoms with Crippen molar-refractivity contribution in [2.75, 3.05) is 7.11 Å². The van der Waals surface area contributed by atoms with Crippen molar-refractivity contribution in [1.82, 2.24) is 5.32 Å². The van der Waals surface area contributed by atoms with E-state index in [1.165, 1.54) is 13.2 Å². The van der Waals surface area contributed by atoms with Crippen molar-refractivity contribution in [3.63, 3.8) is 0 Å². The Morgan fingerprint density at radius 2 is 2.14 bits per heavy atom. The molecule has 0 fully saturated rings. The van der Waals surface area contributed by atoms with E-state index in [0.717, 1.165) is 12.0 Å². The maximum atomic E-state index is 11.8. The van der Waals surface area contributed by atoms with Crippen LogP contribution in [0.4, 0.5) is 5.69 Å². The lowest BCUT2D eigenvalue weighted by Gasteiger charge is -2.22. The Kier molecular flexibility index (Phi) is 6.30. The van der Waals surface area contributed by atoms with Crippen molar-refractivity contribution in [1.29, 1.82) is 0 Å². The zero-order valence-corrected chi connectivity index (χ0v) is 12.9. The normalized spacial score (nSPS) is 13.5. The summed E-state index contributed by atoms with van der Waals surface area (Å²) in [6, 6.07) is 4.65. The SMILES string of the molecule is CCC(C)C(NCc1ccc(C)c([N+](=O)[O-])c1)C(=O)OC. The first-order valence-electron chi connectivity index (χ1n) is 6.95. The number of carbonyl (C=O) groups is 1. The second-order valence-electron chi connectivity index (χ2n) is 5.15. The van der Waals surface area contributed by atoms with E-state index in [-0.39, 0.29) is 17.6 Å². The highest BCUT2D eigenvalue weighted by Crippen LogP contribution is 2.19. The standard InChI is InChI=1S/C15H22N2O4/c1-5-10(2)14(15(18)21-4)16-9-12-7-6-11(3)13(8-12)17(19)20/h6-8,10,14,16H,5,9H2,1-4H3. The number of nitrogens with zero attached hydrogens (tertiary/aromatic N) is 1. The topological polar surface area (TPSA) is 81.5 Å². The largest absolute Gasteiger partial charge is 0.468 e. The monoisotopic (exact) mass is 294 g/mol. The molecule has 0 saturated carbocycles. The third-order valence-corrected chi connectivity index (χ3v) is 3.66. The Bertz CT molecular complexity index is 516. The molecule has 1 aromatic rings. The van der Waals surface area contributed by atoms with Crippen LogP contribution < -0.4 is 5.32 Å². The summed E-state index contributed by atoms with van der Waals surface area (Å²) >= 11 is 0. The maximum absolute atomic E-state index is 11.8. The van der Waals surface area contributed by atoms with Crippen molar-refractivity contribution in [3.05, 3.63) is 39.4 Å². The molecular formula is C15H22N2O4. The van der Waals surface area contributed by atoms with Crippen LogP contribution in [0.25, 0.3) is 0 Å². The highest BCUT2D eigenvalue weighted by atomic mass is 16.6. The predicted molar refractivity (Wildman–Crippen MR) is 79.9 cm³/mol. The number of benzene rings is 1. The molecule has 0 amide bonds. The smallest absolute Gasteiger partial charge is 0.323 e. The van der Waals surface area contributed by atoms with Crippen molar-refractivity contribution in [2.24, 2.45) is 5.92 Å². The second-order valence-corrected chi connectivity index (χ2v) is 5.15. The van der Waals surface area contributed by atoms with E-state index < -0.39 is 11.0 Å². The minimum atomic E-state index is -0.416. The summed E-state index contributed by atoms with van der Waals surface area (Å²) in [5.74, 6) is -0.191. The average Bonchev–Trinajstić information content (AvgIpc) is 2.47. The van der Waals surface area contributed by atoms with E-state index in [4.69, 9.17) is 4.74 Å². The third kappa shape index (κ3) is 4.53. The molecule has 0 radical (unpaired) electrons. The van der Waals surface area contributed by atoms with Gasteiger partial charge in [-0.15, -0.1) is 0 Å². The lowest BCUT2D eigenvalue weighted by Crippen LogP contribution is -2.42. The molecule has 0 aliphatic rings. The van der Waals surface area contributed by atoms with Gasteiger partial charge in [0.2, 0.25) is 0 Å². The van der Waals surface area contributed by atoms with Crippen LogP contribution in [0.1, 0.15) is 31.4 Å². The molecule has 6 nitrogen and oxygen atoms in total. The van der Waals surface area contributed by atoms with Gasteiger partial charge < -0.3 is 10.1 Å². The fraction of sp³-hybridized carbons (Fsp3) is 0.533. The van der Waals surface area contributed by atoms with Crippen LogP contribution in [-0.4, -0.2) is 24.0 Å². The number of carbonyl (C=O) groups excluding carboxylic acids is 1. The number of aryl methyl sites for hydroxylation is 1. The molecule has 1 rings (SSSR count). The number of methoxy groups -OCH3 is 1. The van der Waals surface area contributed by atoms with Gasteiger partial charge in [-0.05, 0) is 18.4 Å². The number of hydrogen-bond donors (Lipinski definition) is 1. The summed E-state index contributed by atoms with van der Waals surface area (Å²) in [7, 11) is 1.36. The van der Waals surface area contributed by atoms with Crippen LogP contribution in [-0.2, 0) is 16.1 Å². The predicted octanol–water partition coefficient (Wildman–Crippen LogP) is 2.58. The van der Waals surface area contributed by atoms with Gasteiger partial charge in [-0.2, -0.15) is 0 Å². The number of esters is 1. The van der Waals surface area contributed by atoms with E-state index in [2.05, 4.69) is 5.32 Å². The fourth-order valence-electron chi connectivity index (χ4n) is 2.07. The van der Waals surface area contributed by atoms with Crippen molar-refractivity contribution in [3.8, 4) is 0 Å². The molecule has 0 aliphatic heterocycles. The van der Waals surface area contributed by atoms with E-state index in [9.17, 15) is 14.9 Å². The first-order valence-corrected chi connectivity index (χ1v) is 6.95. The molecule has 1 aromatic carbocycles. The zero-order valence-electron chi connectivity index (χ0n) is 12.9. The molecule has 21 heavy (non-hydrogen) atoms. The number of ether oxygens (including phenoxy) is 1. The van der Waals surface area contributed by atoms with E-state index in [1.54, 1.807) is 13.0 Å². The van der Waals surface area contributed by atoms with Crippen LogP contribution in [0.15, 0.2) is 18.2 Å². The third-order valence-electron chi connectivity index (χ3n) is 3.66. The Labute approximate surface area is 124 Å². The summed E-state index contributed by atoms with van der Waals surface area (Å²) in [6.45, 7) is 6.04. The van der Waals surface area contributed by atoms with Crippen molar-refractivity contribution >= 4 is 11.7 Å². The van der Waals surface area contributed by atoms with Crippen molar-refractivity contribution < 1.29 is 14.5 Å². The quantitative estimate of drug-likeness (QED) is 0.475. The number of nitro benzene ring substituents is 1. The van der Waals surface area contributed by atoms with Gasteiger partial charge in [0.25, 0.3) is 5.69 Å². The first-order chi connectivity index (χ1) is 9.90. The first kappa shape index (κ1) is 17.1. The molecule has 0 saturated heterocycles. The Balaban J connectivity index is 2.83. The summed E-state index contributed by atoms with van der Waals surface area (Å²) in [5, 5.41) is 14.1. The van der Waals surface area contributed by atoms with Gasteiger partial charge in [0.1, 0.15) is 6.04 Å². The molecule has 0 spiro atoms. The van der Waals surface area contributed by atoms with Gasteiger partial charge >= 0.3 is 5.97 Å². The second kappa shape index (κ2) is 7.73. The molecule has 2 atom stereocenters. The highest BCUT2D eigenvalue weighted by molar-refractivity contribution is 5.76. The molecule has 0 bridgehead atoms. The zero-order chi connectivity index (χ0) is 16.0. The van der Waals surface area contributed by atoms with E-state index in [1.807, 2.05) is 19.9 Å². The van der Waals surface area contributed by atoms with Gasteiger partial charge in [0.05, 0.1) is 12.0 Å². The minimum absolute atomic E-state index is 0.0902. The van der Waals surface area contributed by atoms with Crippen molar-refractivity contribution in [2.45, 2.75) is 39.8 Å². The molecule has 6 heteroatoms. The van der Waals surface area contributed by atoms with Crippen LogP contribution in [0.5, 0.6) is 0 Å². The fourth-order valence-corrected chi connectivity index (χ4v) is 2.07. The van der Waals surface area contributed by atoms with E-state index in [0.29, 0.717) is 12.1 Å². The molecule has 0 aliphatic carbocycles. The Morgan fingerprint density at radius 1 is 1.48 bits per heavy atom. The highest BCUT2D eigenvalue weighted by Gasteiger charge is 2.24. The van der Waals surface area contributed by atoms with Crippen LogP contribution >= 0.6 is 0 Å². The van der Waals surface area contributed by atoms with Gasteiger partial charge in [-0.3, -0.25) is 14.9 Å². The summed E-state index contributed by atoms with van der Waals surface area (Å²) in [5.41, 5.74) is 1.48. The maximum Gasteiger partial charge on any atom is 0.323 e. The number of nitrogens with one attached hydrogen (secondary N) is 1. The molecule has 116 valence electrons. The minimum Gasteiger partial charge on any atom is -0.468 e. The van der Waals surface area contributed by atoms with Crippen LogP contribution in [0.3, 0.4) is 0 Å². The molecule has 1 N–H and O–H groups in total. The summed E-state index contributed by atoms with van der Waals surface area (Å²) in [6.07, 6.45) is 0.834. The van der Waals surface area contributed by atoms with Crippen LogP contribution in [0, 0.1) is 23.0 Å². The number of rotatable bonds is 7. The molecule has 0 aromatic heterocycles. The summed E-state index contributed by atoms with van der Waals surface area (Å²) < 4.78 is 4.80. The van der Waals surface area contributed by atoms with Gasteiger partial charge in [-0.1, -0.05) is 32.4 Å². The average molecular weight is 294 g/mol. The Hall–Kier alpha value is -1.95. The molecule has 2 unspecified atom stereocenters. The van der Waals surface area contributed by atoms with Gasteiger partial charge in [0.15, 0.2) is 0 Å². The van der Waals surface area contributed by atoms with Gasteiger partial charge in [-0.25, -0.2) is 0 Å². The molecular weight excluding hydrogens is 272 g/mol. The van der Waals surface area contributed by atoms with E-state index >= 15 is 0 Å². The lowest BCUT2D eigenvalue weighted by atomic mass is 9.99. The number of hydrogen-bond acceptors (Lipinski definition) is 5. The summed E-state index contributed by atoms with van der Waals surface area (Å²) in [4.78, 5) is 22.3. The van der Waals surface area contributed by atoms with Crippen LogP contribution in [0.2, 0.25) is 0 Å². The van der Waals surface area contributed by atoms with Gasteiger partial charge in [0, 0.05) is 18.2 Å². The lowest BCUT2D eigenvalue weighted by molar-refractivity contribution is -0.385.